The van der Waals surface area contributed by atoms with E-state index in [1.807, 2.05) is 43.3 Å². The number of hydrogen-bond donors (Lipinski definition) is 2. The van der Waals surface area contributed by atoms with Gasteiger partial charge in [-0.15, -0.1) is 0 Å². The van der Waals surface area contributed by atoms with E-state index < -0.39 is 24.5 Å². The summed E-state index contributed by atoms with van der Waals surface area (Å²) in [7, 11) is 0. The lowest BCUT2D eigenvalue weighted by Crippen LogP contribution is -2.41. The number of fused-ring (bicyclic) bond motifs is 1. The van der Waals surface area contributed by atoms with Gasteiger partial charge in [-0.25, -0.2) is 14.6 Å². The lowest BCUT2D eigenvalue weighted by molar-refractivity contribution is -0.123. The van der Waals surface area contributed by atoms with E-state index in [1.54, 1.807) is 25.1 Å². The third-order valence-corrected chi connectivity index (χ3v) is 4.21. The molecule has 1 heterocycles. The Labute approximate surface area is 168 Å². The van der Waals surface area contributed by atoms with Crippen LogP contribution in [0.5, 0.6) is 0 Å². The van der Waals surface area contributed by atoms with Gasteiger partial charge in [-0.05, 0) is 26.0 Å². The number of esters is 1. The fourth-order valence-corrected chi connectivity index (χ4v) is 2.79. The number of carbonyl (C=O) groups excluding carboxylic acids is 3. The van der Waals surface area contributed by atoms with Crippen LogP contribution in [0, 0.1) is 6.92 Å². The predicted molar refractivity (Wildman–Crippen MR) is 109 cm³/mol. The number of para-hydroxylation sites is 1. The molecule has 3 aromatic rings. The maximum Gasteiger partial charge on any atom is 0.339 e. The van der Waals surface area contributed by atoms with Crippen molar-refractivity contribution >= 4 is 28.8 Å². The van der Waals surface area contributed by atoms with Crippen LogP contribution in [-0.2, 0) is 9.53 Å². The van der Waals surface area contributed by atoms with Gasteiger partial charge in [0.2, 0.25) is 0 Å². The molecule has 0 aliphatic rings. The molecule has 0 fully saturated rings. The molecule has 148 valence electrons. The molecule has 0 saturated heterocycles. The van der Waals surface area contributed by atoms with Crippen LogP contribution >= 0.6 is 0 Å². The summed E-state index contributed by atoms with van der Waals surface area (Å²) in [6.07, 6.45) is 0. The molecule has 0 saturated carbocycles. The molecular formula is C22H21N3O4. The van der Waals surface area contributed by atoms with Crippen LogP contribution < -0.4 is 10.6 Å². The number of rotatable bonds is 5. The zero-order chi connectivity index (χ0) is 20.8. The number of pyridine rings is 1. The van der Waals surface area contributed by atoms with Crippen LogP contribution in [0.1, 0.15) is 22.8 Å². The Bertz CT molecular complexity index is 1060. The summed E-state index contributed by atoms with van der Waals surface area (Å²) in [5.41, 5.74) is 3.56. The number of urea groups is 1. The predicted octanol–water partition coefficient (Wildman–Crippen LogP) is 3.21. The first kappa shape index (κ1) is 20.0. The van der Waals surface area contributed by atoms with Gasteiger partial charge in [0.05, 0.1) is 16.8 Å². The average Bonchev–Trinajstić information content (AvgIpc) is 2.72. The Morgan fingerprint density at radius 1 is 1.03 bits per heavy atom. The largest absolute Gasteiger partial charge is 0.452 e. The van der Waals surface area contributed by atoms with Gasteiger partial charge in [0, 0.05) is 17.5 Å². The lowest BCUT2D eigenvalue weighted by Gasteiger charge is -2.10. The first-order valence-corrected chi connectivity index (χ1v) is 9.19. The lowest BCUT2D eigenvalue weighted by atomic mass is 10.0. The minimum absolute atomic E-state index is 0.303. The molecule has 0 spiro atoms. The number of hydrogen-bond acceptors (Lipinski definition) is 5. The second-order valence-corrected chi connectivity index (χ2v) is 6.42. The van der Waals surface area contributed by atoms with Gasteiger partial charge >= 0.3 is 12.0 Å². The monoisotopic (exact) mass is 391 g/mol. The highest BCUT2D eigenvalue weighted by Gasteiger charge is 2.17. The fourth-order valence-electron chi connectivity index (χ4n) is 2.79. The fraction of sp³-hybridized carbons (Fsp3) is 0.182. The van der Waals surface area contributed by atoms with Gasteiger partial charge < -0.3 is 10.1 Å². The molecule has 0 bridgehead atoms. The number of nitrogens with one attached hydrogen (secondary N) is 2. The SMILES string of the molecule is CCNC(=O)NC(=O)COC(=O)c1cc(-c2ccc(C)cc2)nc2ccccc12. The highest BCUT2D eigenvalue weighted by Crippen LogP contribution is 2.25. The zero-order valence-electron chi connectivity index (χ0n) is 16.2. The molecule has 0 unspecified atom stereocenters. The summed E-state index contributed by atoms with van der Waals surface area (Å²) < 4.78 is 5.13. The molecule has 29 heavy (non-hydrogen) atoms. The second kappa shape index (κ2) is 8.97. The molecule has 1 aromatic heterocycles. The van der Waals surface area contributed by atoms with Crippen LogP contribution in [0.3, 0.4) is 0 Å². The van der Waals surface area contributed by atoms with Crippen molar-refractivity contribution in [1.29, 1.82) is 0 Å². The van der Waals surface area contributed by atoms with Gasteiger partial charge in [-0.3, -0.25) is 10.1 Å². The molecule has 0 aliphatic carbocycles. The van der Waals surface area contributed by atoms with E-state index in [4.69, 9.17) is 4.74 Å². The van der Waals surface area contributed by atoms with Crippen molar-refractivity contribution in [2.45, 2.75) is 13.8 Å². The van der Waals surface area contributed by atoms with Crippen molar-refractivity contribution in [3.8, 4) is 11.3 Å². The Balaban J connectivity index is 1.85. The second-order valence-electron chi connectivity index (χ2n) is 6.42. The standard InChI is InChI=1S/C22H21N3O4/c1-3-23-22(28)25-20(26)13-29-21(27)17-12-19(15-10-8-14(2)9-11-15)24-18-7-5-4-6-16(17)18/h4-12H,3,13H2,1-2H3,(H2,23,25,26,28). The molecular weight excluding hydrogens is 370 g/mol. The van der Waals surface area contributed by atoms with E-state index in [1.165, 1.54) is 0 Å². The number of nitrogens with zero attached hydrogens (tertiary/aromatic N) is 1. The van der Waals surface area contributed by atoms with Crippen LogP contribution in [0.4, 0.5) is 4.79 Å². The number of ether oxygens (including phenoxy) is 1. The highest BCUT2D eigenvalue weighted by atomic mass is 16.5. The number of carbonyl (C=O) groups is 3. The number of imide groups is 1. The molecule has 0 aliphatic heterocycles. The Kier molecular flexibility index (Phi) is 6.19. The van der Waals surface area contributed by atoms with Crippen molar-refractivity contribution in [1.82, 2.24) is 15.6 Å². The van der Waals surface area contributed by atoms with E-state index in [0.717, 1.165) is 11.1 Å². The van der Waals surface area contributed by atoms with Gasteiger partial charge in [0.1, 0.15) is 0 Å². The zero-order valence-corrected chi connectivity index (χ0v) is 16.2. The first-order valence-electron chi connectivity index (χ1n) is 9.19. The molecule has 0 atom stereocenters. The normalized spacial score (nSPS) is 10.4. The number of benzene rings is 2. The van der Waals surface area contributed by atoms with E-state index in [9.17, 15) is 14.4 Å². The smallest absolute Gasteiger partial charge is 0.339 e. The summed E-state index contributed by atoms with van der Waals surface area (Å²) >= 11 is 0. The van der Waals surface area contributed by atoms with Crippen molar-refractivity contribution < 1.29 is 19.1 Å². The van der Waals surface area contributed by atoms with Gasteiger partial charge in [-0.1, -0.05) is 48.0 Å². The van der Waals surface area contributed by atoms with Gasteiger partial charge in [-0.2, -0.15) is 0 Å². The highest BCUT2D eigenvalue weighted by molar-refractivity contribution is 6.05. The minimum atomic E-state index is -0.707. The summed E-state index contributed by atoms with van der Waals surface area (Å²) in [5, 5.41) is 5.14. The summed E-state index contributed by atoms with van der Waals surface area (Å²) in [5.74, 6) is -1.37. The average molecular weight is 391 g/mol. The Morgan fingerprint density at radius 3 is 2.48 bits per heavy atom. The number of aryl methyl sites for hydroxylation is 1. The van der Waals surface area contributed by atoms with Crippen molar-refractivity contribution in [2.75, 3.05) is 13.2 Å². The first-order chi connectivity index (χ1) is 14.0. The summed E-state index contributed by atoms with van der Waals surface area (Å²) in [6.45, 7) is 3.53. The molecule has 2 aromatic carbocycles. The Morgan fingerprint density at radius 2 is 1.76 bits per heavy atom. The number of amides is 3. The topological polar surface area (TPSA) is 97.4 Å². The van der Waals surface area contributed by atoms with Crippen LogP contribution in [0.25, 0.3) is 22.2 Å². The Hall–Kier alpha value is -3.74. The third-order valence-electron chi connectivity index (χ3n) is 4.21. The summed E-state index contributed by atoms with van der Waals surface area (Å²) in [6, 6.07) is 16.0. The maximum absolute atomic E-state index is 12.7. The third kappa shape index (κ3) is 4.95. The van der Waals surface area contributed by atoms with Gasteiger partial charge in [0.15, 0.2) is 6.61 Å². The molecule has 3 amide bonds. The quantitative estimate of drug-likeness (QED) is 0.651. The van der Waals surface area contributed by atoms with Crippen LogP contribution in [0.2, 0.25) is 0 Å². The molecule has 7 heteroatoms. The van der Waals surface area contributed by atoms with E-state index in [2.05, 4.69) is 15.6 Å². The minimum Gasteiger partial charge on any atom is -0.452 e. The summed E-state index contributed by atoms with van der Waals surface area (Å²) in [4.78, 5) is 40.5. The van der Waals surface area contributed by atoms with Gasteiger partial charge in [0.25, 0.3) is 5.91 Å². The van der Waals surface area contributed by atoms with Crippen molar-refractivity contribution in [3.63, 3.8) is 0 Å². The van der Waals surface area contributed by atoms with E-state index in [-0.39, 0.29) is 0 Å². The van der Waals surface area contributed by atoms with E-state index in [0.29, 0.717) is 28.7 Å². The maximum atomic E-state index is 12.7. The molecule has 0 radical (unpaired) electrons. The van der Waals surface area contributed by atoms with Crippen molar-refractivity contribution in [2.24, 2.45) is 0 Å². The van der Waals surface area contributed by atoms with E-state index >= 15 is 0 Å². The molecule has 7 nitrogen and oxygen atoms in total. The van der Waals surface area contributed by atoms with Crippen LogP contribution in [-0.4, -0.2) is 36.0 Å². The number of aromatic nitrogens is 1. The molecule has 3 rings (SSSR count). The van der Waals surface area contributed by atoms with Crippen molar-refractivity contribution in [3.05, 3.63) is 65.7 Å². The molecule has 2 N–H and O–H groups in total. The van der Waals surface area contributed by atoms with Crippen LogP contribution in [0.15, 0.2) is 54.6 Å².